The molecule has 1 aromatic carbocycles. The lowest BCUT2D eigenvalue weighted by atomic mass is 9.76. The number of benzene rings is 1. The summed E-state index contributed by atoms with van der Waals surface area (Å²) in [4.78, 5) is 16.6. The minimum absolute atomic E-state index is 0.180. The highest BCUT2D eigenvalue weighted by atomic mass is 32.1. The first-order valence-electron chi connectivity index (χ1n) is 10.5. The van der Waals surface area contributed by atoms with Crippen LogP contribution in [0.5, 0.6) is 0 Å². The lowest BCUT2D eigenvalue weighted by Crippen LogP contribution is -2.47. The summed E-state index contributed by atoms with van der Waals surface area (Å²) in [6.45, 7) is 10.1. The number of fused-ring (bicyclic) bond motifs is 4. The van der Waals surface area contributed by atoms with Crippen molar-refractivity contribution < 1.29 is 4.79 Å². The summed E-state index contributed by atoms with van der Waals surface area (Å²) >= 11 is 5.61. The largest absolute Gasteiger partial charge is 0.303 e. The van der Waals surface area contributed by atoms with Crippen LogP contribution in [-0.4, -0.2) is 45.4 Å². The Morgan fingerprint density at radius 2 is 2.04 bits per heavy atom. The molecule has 1 aromatic heterocycles. The van der Waals surface area contributed by atoms with E-state index in [1.165, 1.54) is 31.5 Å². The molecule has 3 saturated heterocycles. The molecule has 150 valence electrons. The highest BCUT2D eigenvalue weighted by molar-refractivity contribution is 7.80. The predicted molar refractivity (Wildman–Crippen MR) is 118 cm³/mol. The smallest absolute Gasteiger partial charge is 0.184 e. The van der Waals surface area contributed by atoms with Crippen molar-refractivity contribution in [3.8, 4) is 0 Å². The van der Waals surface area contributed by atoms with Crippen LogP contribution in [0, 0.1) is 17.3 Å². The topological polar surface area (TPSA) is 49.0 Å². The van der Waals surface area contributed by atoms with Gasteiger partial charge >= 0.3 is 0 Å². The fourth-order valence-corrected chi connectivity index (χ4v) is 5.52. The van der Waals surface area contributed by atoms with Gasteiger partial charge in [-0.3, -0.25) is 9.89 Å². The molecule has 0 aliphatic carbocycles. The zero-order valence-electron chi connectivity index (χ0n) is 17.3. The number of carbonyl (C=O) groups excluding carboxylic acids is 1. The Kier molecular flexibility index (Phi) is 5.41. The van der Waals surface area contributed by atoms with E-state index in [9.17, 15) is 4.79 Å². The first-order valence-corrected chi connectivity index (χ1v) is 10.9. The van der Waals surface area contributed by atoms with Crippen LogP contribution in [0.3, 0.4) is 0 Å². The molecule has 0 radical (unpaired) electrons. The van der Waals surface area contributed by atoms with E-state index in [2.05, 4.69) is 48.0 Å². The maximum atomic E-state index is 13.1. The summed E-state index contributed by atoms with van der Waals surface area (Å²) < 4.78 is 0. The Labute approximate surface area is 173 Å². The molecular weight excluding hydrogens is 366 g/mol. The van der Waals surface area contributed by atoms with E-state index >= 15 is 0 Å². The molecule has 5 heteroatoms. The number of nitrogens with zero attached hydrogens (tertiary/aromatic N) is 2. The third kappa shape index (κ3) is 4.36. The molecule has 4 nitrogen and oxygen atoms in total. The molecular formula is C23H31N3OS. The Bertz CT molecular complexity index is 887. The Hall–Kier alpha value is -1.59. The normalized spacial score (nSPS) is 24.6. The van der Waals surface area contributed by atoms with Crippen molar-refractivity contribution in [2.45, 2.75) is 52.9 Å². The molecule has 0 spiro atoms. The number of nitrogens with one attached hydrogen (secondary N) is 1. The number of hydrogen-bond acceptors (Lipinski definition) is 4. The molecule has 1 N–H and O–H groups in total. The summed E-state index contributed by atoms with van der Waals surface area (Å²) in [5, 5.41) is 8.37. The van der Waals surface area contributed by atoms with Crippen molar-refractivity contribution in [2.75, 3.05) is 19.6 Å². The van der Waals surface area contributed by atoms with Crippen molar-refractivity contribution in [3.05, 3.63) is 29.5 Å². The molecule has 3 aliphatic rings. The average molecular weight is 398 g/mol. The van der Waals surface area contributed by atoms with Crippen molar-refractivity contribution in [2.24, 2.45) is 17.3 Å². The van der Waals surface area contributed by atoms with Gasteiger partial charge in [-0.25, -0.2) is 0 Å². The van der Waals surface area contributed by atoms with E-state index in [1.54, 1.807) is 0 Å². The molecule has 2 aromatic rings. The molecule has 3 fully saturated rings. The van der Waals surface area contributed by atoms with Gasteiger partial charge in [0, 0.05) is 24.8 Å². The van der Waals surface area contributed by atoms with E-state index in [4.69, 9.17) is 12.2 Å². The predicted octanol–water partition coefficient (Wildman–Crippen LogP) is 4.83. The van der Waals surface area contributed by atoms with Crippen LogP contribution in [0.4, 0.5) is 0 Å². The maximum absolute atomic E-state index is 13.1. The van der Waals surface area contributed by atoms with Gasteiger partial charge in [0.2, 0.25) is 0 Å². The molecule has 3 aliphatic heterocycles. The number of thiocarbonyl (C=S) groups is 1. The molecule has 0 unspecified atom stereocenters. The number of hydrogen-bond donors (Lipinski definition) is 1. The zero-order valence-corrected chi connectivity index (χ0v) is 18.1. The summed E-state index contributed by atoms with van der Waals surface area (Å²) in [6.07, 6.45) is 4.81. The third-order valence-electron chi connectivity index (χ3n) is 6.26. The van der Waals surface area contributed by atoms with Gasteiger partial charge in [0.1, 0.15) is 5.69 Å². The van der Waals surface area contributed by atoms with E-state index < -0.39 is 0 Å². The van der Waals surface area contributed by atoms with Crippen LogP contribution in [0.15, 0.2) is 18.2 Å². The number of carbonyl (C=O) groups is 1. The summed E-state index contributed by atoms with van der Waals surface area (Å²) in [5.41, 5.74) is 2.91. The van der Waals surface area contributed by atoms with Crippen molar-refractivity contribution in [1.29, 1.82) is 0 Å². The lowest BCUT2D eigenvalue weighted by Gasteiger charge is -2.44. The summed E-state index contributed by atoms with van der Waals surface area (Å²) in [7, 11) is 0. The van der Waals surface area contributed by atoms with Crippen LogP contribution < -0.4 is 0 Å². The van der Waals surface area contributed by atoms with Crippen LogP contribution in [-0.2, 0) is 6.42 Å². The minimum atomic E-state index is 0.180. The number of Topliss-reactive ketones (excluding diaryl/α,β-unsaturated/α-hetero) is 1. The fourth-order valence-electron chi connectivity index (χ4n) is 4.92. The van der Waals surface area contributed by atoms with E-state index in [1.807, 2.05) is 6.07 Å². The number of ketones is 1. The molecule has 1 atom stereocenters. The van der Waals surface area contributed by atoms with Gasteiger partial charge < -0.3 is 4.90 Å². The van der Waals surface area contributed by atoms with Crippen LogP contribution in [0.2, 0.25) is 0 Å². The van der Waals surface area contributed by atoms with Crippen LogP contribution in [0.25, 0.3) is 10.9 Å². The SMILES string of the molecule is CC(C)(C)CC(=S)Cc1ccc2[nH]nc(C(=O)C[C@H]3CN4CCC3CC4)c2c1. The Balaban J connectivity index is 1.49. The highest BCUT2D eigenvalue weighted by Crippen LogP contribution is 2.35. The van der Waals surface area contributed by atoms with E-state index in [0.29, 0.717) is 24.0 Å². The average Bonchev–Trinajstić information content (AvgIpc) is 3.04. The van der Waals surface area contributed by atoms with Gasteiger partial charge in [0.25, 0.3) is 0 Å². The number of rotatable bonds is 6. The maximum Gasteiger partial charge on any atom is 0.184 e. The standard InChI is InChI=1S/C23H31N3OS/c1-23(2,3)13-18(28)10-15-4-5-20-19(11-15)22(25-24-20)21(27)12-17-14-26-8-6-16(17)7-9-26/h4-5,11,16-17H,6-10,12-14H2,1-3H3,(H,24,25)/t17-/m0/s1. The third-order valence-corrected chi connectivity index (χ3v) is 6.55. The van der Waals surface area contributed by atoms with Gasteiger partial charge in [-0.15, -0.1) is 0 Å². The fraction of sp³-hybridized carbons (Fsp3) is 0.609. The number of aromatic nitrogens is 2. The quantitative estimate of drug-likeness (QED) is 0.560. The van der Waals surface area contributed by atoms with Gasteiger partial charge in [-0.05, 0) is 72.2 Å². The van der Waals surface area contributed by atoms with Gasteiger partial charge in [0.05, 0.1) is 5.52 Å². The van der Waals surface area contributed by atoms with E-state index in [0.717, 1.165) is 35.2 Å². The van der Waals surface area contributed by atoms with Gasteiger partial charge in [-0.1, -0.05) is 39.1 Å². The summed E-state index contributed by atoms with van der Waals surface area (Å²) in [6, 6.07) is 6.23. The van der Waals surface area contributed by atoms with Gasteiger partial charge in [0.15, 0.2) is 5.78 Å². The molecule has 0 saturated carbocycles. The molecule has 28 heavy (non-hydrogen) atoms. The second-order valence-electron chi connectivity index (χ2n) is 9.93. The van der Waals surface area contributed by atoms with Crippen LogP contribution in [0.1, 0.15) is 62.5 Å². The second-order valence-corrected chi connectivity index (χ2v) is 10.5. The van der Waals surface area contributed by atoms with Crippen molar-refractivity contribution in [1.82, 2.24) is 15.1 Å². The summed E-state index contributed by atoms with van der Waals surface area (Å²) in [5.74, 6) is 1.38. The minimum Gasteiger partial charge on any atom is -0.303 e. The Morgan fingerprint density at radius 1 is 1.29 bits per heavy atom. The lowest BCUT2D eigenvalue weighted by molar-refractivity contribution is 0.0440. The number of aromatic amines is 1. The van der Waals surface area contributed by atoms with Crippen molar-refractivity contribution >= 4 is 33.8 Å². The van der Waals surface area contributed by atoms with E-state index in [-0.39, 0.29) is 11.2 Å². The Morgan fingerprint density at radius 3 is 2.68 bits per heavy atom. The first kappa shape index (κ1) is 19.7. The second kappa shape index (κ2) is 7.68. The molecule has 5 rings (SSSR count). The zero-order chi connectivity index (χ0) is 19.9. The molecule has 0 amide bonds. The highest BCUT2D eigenvalue weighted by Gasteiger charge is 2.35. The van der Waals surface area contributed by atoms with Crippen LogP contribution >= 0.6 is 12.2 Å². The molecule has 4 heterocycles. The molecule has 2 bridgehead atoms. The number of piperidine rings is 3. The first-order chi connectivity index (χ1) is 13.3. The van der Waals surface area contributed by atoms with Gasteiger partial charge in [-0.2, -0.15) is 5.10 Å². The van der Waals surface area contributed by atoms with Crippen molar-refractivity contribution in [3.63, 3.8) is 0 Å². The number of H-pyrrole nitrogens is 1. The monoisotopic (exact) mass is 397 g/mol.